The third-order valence-corrected chi connectivity index (χ3v) is 13.8. The van der Waals surface area contributed by atoms with Crippen LogP contribution in [0.2, 0.25) is 0 Å². The second-order valence-electron chi connectivity index (χ2n) is 20.7. The first-order valence-corrected chi connectivity index (χ1v) is 30.4. The van der Waals surface area contributed by atoms with E-state index in [1.807, 2.05) is 6.08 Å². The van der Waals surface area contributed by atoms with E-state index in [4.69, 9.17) is 4.74 Å². The molecule has 3 N–H and O–H groups in total. The maximum absolute atomic E-state index is 12.4. The minimum Gasteiger partial charge on any atom is -0.466 e. The van der Waals surface area contributed by atoms with Gasteiger partial charge in [-0.25, -0.2) is 0 Å². The van der Waals surface area contributed by atoms with Crippen molar-refractivity contribution in [3.63, 3.8) is 0 Å². The molecule has 0 aliphatic rings. The van der Waals surface area contributed by atoms with Crippen LogP contribution in [0.25, 0.3) is 0 Å². The van der Waals surface area contributed by atoms with Crippen LogP contribution in [0.3, 0.4) is 0 Å². The fourth-order valence-corrected chi connectivity index (χ4v) is 9.15. The van der Waals surface area contributed by atoms with E-state index in [1.54, 1.807) is 6.08 Å². The number of nitrogens with one attached hydrogen (secondary N) is 1. The molecule has 0 saturated carbocycles. The van der Waals surface area contributed by atoms with Gasteiger partial charge in [0.2, 0.25) is 5.91 Å². The van der Waals surface area contributed by atoms with Gasteiger partial charge in [0, 0.05) is 12.8 Å². The first-order chi connectivity index (χ1) is 34.0. The number of ether oxygens (including phenoxy) is 1. The van der Waals surface area contributed by atoms with Gasteiger partial charge in [0.05, 0.1) is 25.4 Å². The van der Waals surface area contributed by atoms with E-state index >= 15 is 0 Å². The molecule has 2 unspecified atom stereocenters. The molecule has 1 amide bonds. The molecule has 6 nitrogen and oxygen atoms in total. The second-order valence-corrected chi connectivity index (χ2v) is 20.7. The molecule has 0 bridgehead atoms. The number of aliphatic hydroxyl groups is 2. The van der Waals surface area contributed by atoms with Crippen LogP contribution < -0.4 is 5.32 Å². The number of carbonyl (C=O) groups is 2. The van der Waals surface area contributed by atoms with E-state index in [9.17, 15) is 19.8 Å². The highest BCUT2D eigenvalue weighted by atomic mass is 16.5. The number of carbonyl (C=O) groups excluding carboxylic acids is 2. The monoisotopic (exact) mass is 968 g/mol. The maximum Gasteiger partial charge on any atom is 0.305 e. The van der Waals surface area contributed by atoms with Crippen molar-refractivity contribution in [2.75, 3.05) is 13.2 Å². The molecule has 0 heterocycles. The van der Waals surface area contributed by atoms with Crippen LogP contribution in [0.4, 0.5) is 0 Å². The number of amides is 1. The summed E-state index contributed by atoms with van der Waals surface area (Å²) in [5, 5.41) is 23.1. The molecule has 0 aliphatic carbocycles. The molecule has 0 aromatic carbocycles. The van der Waals surface area contributed by atoms with E-state index in [2.05, 4.69) is 55.6 Å². The Morgan fingerprint density at radius 3 is 1.12 bits per heavy atom. The molecule has 2 atom stereocenters. The second kappa shape index (κ2) is 58.4. The third kappa shape index (κ3) is 55.0. The van der Waals surface area contributed by atoms with Crippen LogP contribution in [-0.2, 0) is 14.3 Å². The molecule has 69 heavy (non-hydrogen) atoms. The fourth-order valence-electron chi connectivity index (χ4n) is 9.15. The Kier molecular flexibility index (Phi) is 56.5. The van der Waals surface area contributed by atoms with Gasteiger partial charge in [-0.05, 0) is 89.9 Å². The Morgan fingerprint density at radius 2 is 0.725 bits per heavy atom. The minimum absolute atomic E-state index is 0.0149. The number of allylic oxidation sites excluding steroid dienone is 7. The molecule has 6 heteroatoms. The Labute approximate surface area is 429 Å². The first kappa shape index (κ1) is 66.8. The predicted molar refractivity (Wildman–Crippen MR) is 301 cm³/mol. The summed E-state index contributed by atoms with van der Waals surface area (Å²) in [6.45, 7) is 4.86. The van der Waals surface area contributed by atoms with Crippen LogP contribution in [0, 0.1) is 0 Å². The molecular formula is C63H117NO5. The summed E-state index contributed by atoms with van der Waals surface area (Å²) in [4.78, 5) is 24.5. The van der Waals surface area contributed by atoms with Crippen molar-refractivity contribution in [1.29, 1.82) is 0 Å². The molecule has 0 aromatic heterocycles. The van der Waals surface area contributed by atoms with Gasteiger partial charge in [0.1, 0.15) is 0 Å². The minimum atomic E-state index is -0.852. The lowest BCUT2D eigenvalue weighted by atomic mass is 10.0. The number of esters is 1. The van der Waals surface area contributed by atoms with Gasteiger partial charge in [-0.2, -0.15) is 0 Å². The zero-order valence-corrected chi connectivity index (χ0v) is 46.0. The third-order valence-electron chi connectivity index (χ3n) is 13.8. The Hall–Kier alpha value is -2.18. The summed E-state index contributed by atoms with van der Waals surface area (Å²) in [6, 6.07) is -0.636. The van der Waals surface area contributed by atoms with Gasteiger partial charge in [-0.1, -0.05) is 262 Å². The number of aliphatic hydroxyl groups excluding tert-OH is 2. The predicted octanol–water partition coefficient (Wildman–Crippen LogP) is 19.0. The normalized spacial score (nSPS) is 12.9. The van der Waals surface area contributed by atoms with Crippen molar-refractivity contribution in [3.05, 3.63) is 48.6 Å². The summed E-state index contributed by atoms with van der Waals surface area (Å²) in [6.07, 6.45) is 74.3. The molecule has 0 aliphatic heterocycles. The molecule has 0 saturated heterocycles. The van der Waals surface area contributed by atoms with E-state index in [0.717, 1.165) is 77.0 Å². The topological polar surface area (TPSA) is 95.9 Å². The lowest BCUT2D eigenvalue weighted by Crippen LogP contribution is -2.45. The van der Waals surface area contributed by atoms with E-state index in [1.165, 1.54) is 212 Å². The van der Waals surface area contributed by atoms with Crippen LogP contribution in [-0.4, -0.2) is 47.4 Å². The van der Waals surface area contributed by atoms with Gasteiger partial charge < -0.3 is 20.3 Å². The molecule has 0 fully saturated rings. The summed E-state index contributed by atoms with van der Waals surface area (Å²) < 4.78 is 5.47. The maximum atomic E-state index is 12.4. The Balaban J connectivity index is 3.48. The van der Waals surface area contributed by atoms with Gasteiger partial charge >= 0.3 is 5.97 Å². The highest BCUT2D eigenvalue weighted by Crippen LogP contribution is 2.16. The quantitative estimate of drug-likeness (QED) is 0.0244. The van der Waals surface area contributed by atoms with Crippen molar-refractivity contribution in [2.24, 2.45) is 0 Å². The van der Waals surface area contributed by atoms with Crippen LogP contribution in [0.5, 0.6) is 0 Å². The summed E-state index contributed by atoms with van der Waals surface area (Å²) in [5.41, 5.74) is 0. The first-order valence-electron chi connectivity index (χ1n) is 30.4. The molecule has 0 radical (unpaired) electrons. The highest BCUT2D eigenvalue weighted by Gasteiger charge is 2.18. The van der Waals surface area contributed by atoms with Crippen LogP contribution in [0.15, 0.2) is 48.6 Å². The van der Waals surface area contributed by atoms with Crippen molar-refractivity contribution in [2.45, 2.75) is 328 Å². The van der Waals surface area contributed by atoms with Gasteiger partial charge in [-0.3, -0.25) is 9.59 Å². The van der Waals surface area contributed by atoms with Crippen LogP contribution in [0.1, 0.15) is 316 Å². The van der Waals surface area contributed by atoms with Crippen molar-refractivity contribution in [3.8, 4) is 0 Å². The molecule has 404 valence electrons. The smallest absolute Gasteiger partial charge is 0.305 e. The SMILES string of the molecule is CCCCCCCC/C=C\CCCCCCCCCCCC(=O)OCCCCC/C=C\C=C/CCCCCCCCCCCCC(=O)NC(CO)C(O)/C=C/CCCCCCCCCCCCCC. The molecule has 0 spiro atoms. The van der Waals surface area contributed by atoms with E-state index < -0.39 is 12.1 Å². The van der Waals surface area contributed by atoms with Gasteiger partial charge in [0.25, 0.3) is 0 Å². The number of hydrogen-bond donors (Lipinski definition) is 3. The summed E-state index contributed by atoms with van der Waals surface area (Å²) >= 11 is 0. The van der Waals surface area contributed by atoms with Gasteiger partial charge in [0.15, 0.2) is 0 Å². The fraction of sp³-hybridized carbons (Fsp3) is 0.841. The lowest BCUT2D eigenvalue weighted by Gasteiger charge is -2.20. The number of hydrogen-bond acceptors (Lipinski definition) is 5. The average molecular weight is 969 g/mol. The van der Waals surface area contributed by atoms with Crippen molar-refractivity contribution in [1.82, 2.24) is 5.32 Å². The lowest BCUT2D eigenvalue weighted by molar-refractivity contribution is -0.143. The number of rotatable bonds is 56. The average Bonchev–Trinajstić information content (AvgIpc) is 3.35. The number of unbranched alkanes of at least 4 members (excludes halogenated alkanes) is 40. The molecule has 0 rings (SSSR count). The highest BCUT2D eigenvalue weighted by molar-refractivity contribution is 5.76. The Morgan fingerprint density at radius 1 is 0.406 bits per heavy atom. The van der Waals surface area contributed by atoms with E-state index in [0.29, 0.717) is 19.4 Å². The standard InChI is InChI=1S/C63H117NO5/c1-3-5-7-9-11-13-15-17-19-20-22-26-29-33-37-41-45-49-53-57-63(68)69-58-54-50-46-42-38-34-30-27-24-21-23-25-28-32-36-40-44-48-52-56-62(67)64-60(59-65)61(66)55-51-47-43-39-35-31-18-16-14-12-10-8-6-4-2/h17,19,27,30,34,38,51,55,60-61,65-66H,3-16,18,20-26,28-29,31-33,35-37,39-50,52-54,56-59H2,1-2H3,(H,64,67)/b19-17-,30-27-,38-34-,55-51+. The largest absolute Gasteiger partial charge is 0.466 e. The Bertz CT molecular complexity index is 1160. The van der Waals surface area contributed by atoms with Crippen molar-refractivity contribution >= 4 is 11.9 Å². The van der Waals surface area contributed by atoms with Crippen LogP contribution >= 0.6 is 0 Å². The summed E-state index contributed by atoms with van der Waals surface area (Å²) in [5.74, 6) is -0.0929. The van der Waals surface area contributed by atoms with Gasteiger partial charge in [-0.15, -0.1) is 0 Å². The summed E-state index contributed by atoms with van der Waals surface area (Å²) in [7, 11) is 0. The zero-order valence-electron chi connectivity index (χ0n) is 46.0. The zero-order chi connectivity index (χ0) is 50.0. The van der Waals surface area contributed by atoms with E-state index in [-0.39, 0.29) is 18.5 Å². The molecular weight excluding hydrogens is 851 g/mol. The van der Waals surface area contributed by atoms with Crippen molar-refractivity contribution < 1.29 is 24.5 Å². The molecule has 0 aromatic rings.